The zero-order valence-electron chi connectivity index (χ0n) is 15.8. The number of rotatable bonds is 10. The molecule has 28 heavy (non-hydrogen) atoms. The first kappa shape index (κ1) is 21.0. The molecule has 2 aromatic carbocycles. The first-order chi connectivity index (χ1) is 13.6. The van der Waals surface area contributed by atoms with Gasteiger partial charge >= 0.3 is 5.97 Å². The molecule has 0 aliphatic rings. The monoisotopic (exact) mass is 384 g/mol. The molecule has 0 unspecified atom stereocenters. The number of benzene rings is 2. The van der Waals surface area contributed by atoms with E-state index in [1.807, 2.05) is 18.2 Å². The van der Waals surface area contributed by atoms with Crippen molar-refractivity contribution in [2.24, 2.45) is 0 Å². The average Bonchev–Trinajstić information content (AvgIpc) is 2.72. The fraction of sp³-hybridized carbons (Fsp3) is 0.286. The minimum absolute atomic E-state index is 0.0104. The van der Waals surface area contributed by atoms with Gasteiger partial charge in [0.2, 0.25) is 11.8 Å². The van der Waals surface area contributed by atoms with E-state index in [1.54, 1.807) is 24.3 Å². The van der Waals surface area contributed by atoms with Gasteiger partial charge in [-0.2, -0.15) is 0 Å². The van der Waals surface area contributed by atoms with Crippen LogP contribution in [-0.4, -0.2) is 38.0 Å². The van der Waals surface area contributed by atoms with E-state index in [9.17, 15) is 14.4 Å². The van der Waals surface area contributed by atoms with Gasteiger partial charge in [-0.15, -0.1) is 0 Å². The Balaban J connectivity index is 1.67. The molecule has 148 valence electrons. The summed E-state index contributed by atoms with van der Waals surface area (Å²) in [6.07, 6.45) is 0.823. The van der Waals surface area contributed by atoms with Crippen LogP contribution in [0.5, 0.6) is 5.75 Å². The fourth-order valence-electron chi connectivity index (χ4n) is 2.35. The van der Waals surface area contributed by atoms with E-state index in [-0.39, 0.29) is 31.2 Å². The van der Waals surface area contributed by atoms with Crippen molar-refractivity contribution in [2.45, 2.75) is 19.3 Å². The summed E-state index contributed by atoms with van der Waals surface area (Å²) in [5.41, 5.74) is 1.83. The number of carbonyl (C=O) groups excluding carboxylic acids is 3. The predicted octanol–water partition coefficient (Wildman–Crippen LogP) is 2.32. The van der Waals surface area contributed by atoms with Gasteiger partial charge in [0.25, 0.3) is 0 Å². The summed E-state index contributed by atoms with van der Waals surface area (Å²) in [5, 5.41) is 5.10. The Kier molecular flexibility index (Phi) is 8.52. The van der Waals surface area contributed by atoms with Crippen molar-refractivity contribution in [3.8, 4) is 5.75 Å². The number of nitrogens with one attached hydrogen (secondary N) is 2. The van der Waals surface area contributed by atoms with E-state index in [2.05, 4.69) is 27.5 Å². The summed E-state index contributed by atoms with van der Waals surface area (Å²) in [7, 11) is 1.24. The second-order valence-electron chi connectivity index (χ2n) is 6.01. The van der Waals surface area contributed by atoms with Crippen LogP contribution in [0.4, 0.5) is 5.69 Å². The first-order valence-electron chi connectivity index (χ1n) is 8.97. The Labute approximate surface area is 164 Å². The van der Waals surface area contributed by atoms with Crippen LogP contribution in [-0.2, 0) is 25.5 Å². The van der Waals surface area contributed by atoms with Crippen LogP contribution in [0.25, 0.3) is 0 Å². The van der Waals surface area contributed by atoms with E-state index in [4.69, 9.17) is 4.74 Å². The van der Waals surface area contributed by atoms with Gasteiger partial charge in [-0.1, -0.05) is 30.3 Å². The van der Waals surface area contributed by atoms with Gasteiger partial charge < -0.3 is 20.1 Å². The van der Waals surface area contributed by atoms with Crippen LogP contribution in [0, 0.1) is 0 Å². The van der Waals surface area contributed by atoms with Crippen LogP contribution in [0.1, 0.15) is 18.4 Å². The summed E-state index contributed by atoms with van der Waals surface area (Å²) < 4.78 is 10.1. The van der Waals surface area contributed by atoms with Crippen LogP contribution >= 0.6 is 0 Å². The zero-order valence-corrected chi connectivity index (χ0v) is 15.8. The highest BCUT2D eigenvalue weighted by Gasteiger charge is 2.09. The van der Waals surface area contributed by atoms with E-state index >= 15 is 0 Å². The minimum Gasteiger partial charge on any atom is -0.493 e. The van der Waals surface area contributed by atoms with Crippen LogP contribution in [0.3, 0.4) is 0 Å². The van der Waals surface area contributed by atoms with Crippen LogP contribution in [0.2, 0.25) is 0 Å². The molecule has 0 aromatic heterocycles. The molecule has 0 bridgehead atoms. The van der Waals surface area contributed by atoms with E-state index in [0.29, 0.717) is 12.3 Å². The van der Waals surface area contributed by atoms with Gasteiger partial charge in [0, 0.05) is 24.9 Å². The topological polar surface area (TPSA) is 93.7 Å². The van der Waals surface area contributed by atoms with Gasteiger partial charge in [0.1, 0.15) is 12.3 Å². The molecule has 7 nitrogen and oxygen atoms in total. The highest BCUT2D eigenvalue weighted by Crippen LogP contribution is 2.16. The maximum absolute atomic E-state index is 11.9. The molecule has 0 fully saturated rings. The lowest BCUT2D eigenvalue weighted by Crippen LogP contribution is -2.30. The first-order valence-corrected chi connectivity index (χ1v) is 8.97. The van der Waals surface area contributed by atoms with Crippen molar-refractivity contribution in [3.05, 3.63) is 60.2 Å². The van der Waals surface area contributed by atoms with Gasteiger partial charge in [-0.3, -0.25) is 14.4 Å². The number of anilines is 1. The normalized spacial score (nSPS) is 10.0. The molecular formula is C21H24N2O5. The molecule has 2 N–H and O–H groups in total. The summed E-state index contributed by atoms with van der Waals surface area (Å²) in [6, 6.07) is 17.1. The van der Waals surface area contributed by atoms with Crippen molar-refractivity contribution in [3.63, 3.8) is 0 Å². The van der Waals surface area contributed by atoms with E-state index < -0.39 is 5.97 Å². The number of carbonyl (C=O) groups is 3. The Bertz CT molecular complexity index is 775. The van der Waals surface area contributed by atoms with Crippen molar-refractivity contribution >= 4 is 23.5 Å². The molecule has 0 spiro atoms. The van der Waals surface area contributed by atoms with E-state index in [1.165, 1.54) is 12.7 Å². The van der Waals surface area contributed by atoms with Gasteiger partial charge in [0.15, 0.2) is 0 Å². The van der Waals surface area contributed by atoms with Crippen molar-refractivity contribution in [2.75, 3.05) is 25.6 Å². The van der Waals surface area contributed by atoms with Gasteiger partial charge in [0.05, 0.1) is 13.7 Å². The summed E-state index contributed by atoms with van der Waals surface area (Å²) >= 11 is 0. The number of ether oxygens (including phenoxy) is 2. The van der Waals surface area contributed by atoms with Gasteiger partial charge in [-0.25, -0.2) is 0 Å². The van der Waals surface area contributed by atoms with Gasteiger partial charge in [-0.05, 0) is 29.8 Å². The third-order valence-corrected chi connectivity index (χ3v) is 3.88. The van der Waals surface area contributed by atoms with E-state index in [0.717, 1.165) is 12.2 Å². The molecule has 0 aliphatic heterocycles. The number of amides is 2. The summed E-state index contributed by atoms with van der Waals surface area (Å²) in [5.74, 6) is -0.492. The molecule has 0 radical (unpaired) electrons. The molecule has 0 saturated carbocycles. The highest BCUT2D eigenvalue weighted by molar-refractivity contribution is 5.93. The molecule has 0 saturated heterocycles. The lowest BCUT2D eigenvalue weighted by atomic mass is 10.2. The summed E-state index contributed by atoms with van der Waals surface area (Å²) in [4.78, 5) is 34.4. The smallest absolute Gasteiger partial charge is 0.325 e. The van der Waals surface area contributed by atoms with Crippen LogP contribution < -0.4 is 15.4 Å². The molecule has 2 aromatic rings. The molecule has 7 heteroatoms. The fourth-order valence-corrected chi connectivity index (χ4v) is 2.35. The van der Waals surface area contributed by atoms with Crippen LogP contribution in [0.15, 0.2) is 54.6 Å². The standard InChI is InChI=1S/C21H24N2O5/c1-27-21(26)15-22-19(24)11-12-20(25)23-17-7-9-18(10-8-17)28-14-13-16-5-3-2-4-6-16/h2-10H,11-15H2,1H3,(H,22,24)(H,23,25). The lowest BCUT2D eigenvalue weighted by molar-refractivity contribution is -0.141. The Morgan fingerprint density at radius 3 is 2.25 bits per heavy atom. The Morgan fingerprint density at radius 2 is 1.57 bits per heavy atom. The molecule has 0 aliphatic carbocycles. The largest absolute Gasteiger partial charge is 0.493 e. The molecular weight excluding hydrogens is 360 g/mol. The maximum atomic E-state index is 11.9. The van der Waals surface area contributed by atoms with Crippen molar-refractivity contribution < 1.29 is 23.9 Å². The number of methoxy groups -OCH3 is 1. The Morgan fingerprint density at radius 1 is 0.893 bits per heavy atom. The molecule has 0 atom stereocenters. The lowest BCUT2D eigenvalue weighted by Gasteiger charge is -2.09. The zero-order chi connectivity index (χ0) is 20.2. The number of hydrogen-bond donors (Lipinski definition) is 2. The molecule has 0 heterocycles. The Hall–Kier alpha value is -3.35. The third-order valence-electron chi connectivity index (χ3n) is 3.88. The second-order valence-corrected chi connectivity index (χ2v) is 6.01. The minimum atomic E-state index is -0.538. The van der Waals surface area contributed by atoms with Crippen molar-refractivity contribution in [1.82, 2.24) is 5.32 Å². The molecule has 2 rings (SSSR count). The summed E-state index contributed by atoms with van der Waals surface area (Å²) in [6.45, 7) is 0.360. The third kappa shape index (κ3) is 7.90. The number of esters is 1. The second kappa shape index (κ2) is 11.4. The SMILES string of the molecule is COC(=O)CNC(=O)CCC(=O)Nc1ccc(OCCc2ccccc2)cc1. The quantitative estimate of drug-likeness (QED) is 0.613. The number of hydrogen-bond acceptors (Lipinski definition) is 5. The average molecular weight is 384 g/mol. The van der Waals surface area contributed by atoms with Crippen molar-refractivity contribution in [1.29, 1.82) is 0 Å². The molecule has 2 amide bonds. The predicted molar refractivity (Wildman–Crippen MR) is 105 cm³/mol. The highest BCUT2D eigenvalue weighted by atomic mass is 16.5. The maximum Gasteiger partial charge on any atom is 0.325 e.